The lowest BCUT2D eigenvalue weighted by molar-refractivity contribution is 0.272. The molecule has 3 nitrogen and oxygen atoms in total. The van der Waals surface area contributed by atoms with Crippen LogP contribution in [-0.2, 0) is 0 Å². The van der Waals surface area contributed by atoms with Gasteiger partial charge in [0.15, 0.2) is 0 Å². The van der Waals surface area contributed by atoms with Crippen LogP contribution in [0.2, 0.25) is 0 Å². The number of nitrogens with zero attached hydrogens (tertiary/aromatic N) is 1. The molecule has 3 heteroatoms. The smallest absolute Gasteiger partial charge is 0.121 e. The normalized spacial score (nSPS) is 23.8. The zero-order valence-corrected chi connectivity index (χ0v) is 12.6. The Kier molecular flexibility index (Phi) is 4.83. The number of methoxy groups -OCH3 is 1. The molecule has 1 N–H and O–H groups in total. The molecule has 1 aliphatic heterocycles. The highest BCUT2D eigenvalue weighted by Gasteiger charge is 2.32. The van der Waals surface area contributed by atoms with Crippen molar-refractivity contribution in [2.24, 2.45) is 5.92 Å². The molecule has 2 atom stereocenters. The lowest BCUT2D eigenvalue weighted by Gasteiger charge is -2.26. The molecule has 1 aliphatic rings. The number of nitrogens with one attached hydrogen (secondary N) is 1. The molecule has 1 saturated heterocycles. The molecular formula is C16H26N2O. The predicted molar refractivity (Wildman–Crippen MR) is 79.8 cm³/mol. The monoisotopic (exact) mass is 262 g/mol. The fourth-order valence-electron chi connectivity index (χ4n) is 3.18. The summed E-state index contributed by atoms with van der Waals surface area (Å²) >= 11 is 0. The van der Waals surface area contributed by atoms with E-state index in [-0.39, 0.29) is 0 Å². The minimum Gasteiger partial charge on any atom is -0.496 e. The van der Waals surface area contributed by atoms with Gasteiger partial charge in [-0.05, 0) is 63.1 Å². The largest absolute Gasteiger partial charge is 0.496 e. The van der Waals surface area contributed by atoms with E-state index < -0.39 is 0 Å². The lowest BCUT2D eigenvalue weighted by atomic mass is 9.92. The first-order valence-electron chi connectivity index (χ1n) is 7.22. The zero-order chi connectivity index (χ0) is 13.8. The molecule has 0 bridgehead atoms. The molecule has 0 amide bonds. The molecule has 0 saturated carbocycles. The number of rotatable bonds is 5. The van der Waals surface area contributed by atoms with E-state index >= 15 is 0 Å². The van der Waals surface area contributed by atoms with Gasteiger partial charge in [-0.15, -0.1) is 0 Å². The number of hydrogen-bond donors (Lipinski definition) is 1. The average molecular weight is 262 g/mol. The van der Waals surface area contributed by atoms with Crippen LogP contribution in [-0.4, -0.2) is 38.7 Å². The number of hydrogen-bond acceptors (Lipinski definition) is 3. The van der Waals surface area contributed by atoms with E-state index in [4.69, 9.17) is 4.74 Å². The third-order valence-electron chi connectivity index (χ3n) is 4.19. The van der Waals surface area contributed by atoms with E-state index in [1.54, 1.807) is 7.11 Å². The van der Waals surface area contributed by atoms with Gasteiger partial charge >= 0.3 is 0 Å². The molecule has 0 radical (unpaired) electrons. The van der Waals surface area contributed by atoms with Gasteiger partial charge in [-0.2, -0.15) is 0 Å². The molecule has 0 spiro atoms. The van der Waals surface area contributed by atoms with E-state index in [0.717, 1.165) is 18.8 Å². The van der Waals surface area contributed by atoms with Crippen LogP contribution in [0.3, 0.4) is 0 Å². The van der Waals surface area contributed by atoms with Gasteiger partial charge < -0.3 is 10.1 Å². The van der Waals surface area contributed by atoms with Gasteiger partial charge in [0.05, 0.1) is 7.11 Å². The van der Waals surface area contributed by atoms with Crippen LogP contribution in [0.15, 0.2) is 18.2 Å². The number of ether oxygens (including phenoxy) is 1. The van der Waals surface area contributed by atoms with Gasteiger partial charge in [0.2, 0.25) is 0 Å². The summed E-state index contributed by atoms with van der Waals surface area (Å²) in [4.78, 5) is 2.48. The lowest BCUT2D eigenvalue weighted by Crippen LogP contribution is -2.28. The summed E-state index contributed by atoms with van der Waals surface area (Å²) in [5, 5.41) is 3.50. The summed E-state index contributed by atoms with van der Waals surface area (Å²) in [6.45, 7) is 7.64. The summed E-state index contributed by atoms with van der Waals surface area (Å²) in [6, 6.07) is 7.13. The minimum absolute atomic E-state index is 0.531. The highest BCUT2D eigenvalue weighted by molar-refractivity contribution is 5.38. The van der Waals surface area contributed by atoms with Crippen molar-refractivity contribution in [2.45, 2.75) is 26.3 Å². The van der Waals surface area contributed by atoms with Crippen molar-refractivity contribution in [2.75, 3.05) is 33.8 Å². The van der Waals surface area contributed by atoms with Crippen molar-refractivity contribution < 1.29 is 4.74 Å². The summed E-state index contributed by atoms with van der Waals surface area (Å²) in [5.41, 5.74) is 2.64. The summed E-state index contributed by atoms with van der Waals surface area (Å²) in [7, 11) is 3.97. The Balaban J connectivity index is 2.19. The summed E-state index contributed by atoms with van der Waals surface area (Å²) < 4.78 is 5.36. The standard InChI is InChI=1S/C16H26N2O/c1-5-17-11-14-8-9-18(3)16(14)13-6-7-15(19-4)12(2)10-13/h6-7,10,14,16-17H,5,8-9,11H2,1-4H3. The molecule has 0 aromatic heterocycles. The molecule has 1 heterocycles. The van der Waals surface area contributed by atoms with E-state index in [1.807, 2.05) is 0 Å². The molecule has 19 heavy (non-hydrogen) atoms. The van der Waals surface area contributed by atoms with Crippen molar-refractivity contribution in [3.05, 3.63) is 29.3 Å². The van der Waals surface area contributed by atoms with E-state index in [2.05, 4.69) is 49.3 Å². The molecule has 2 unspecified atom stereocenters. The van der Waals surface area contributed by atoms with Crippen LogP contribution in [0.4, 0.5) is 0 Å². The van der Waals surface area contributed by atoms with Crippen LogP contribution in [0.5, 0.6) is 5.75 Å². The first-order chi connectivity index (χ1) is 9.17. The molecular weight excluding hydrogens is 236 g/mol. The quantitative estimate of drug-likeness (QED) is 0.883. The van der Waals surface area contributed by atoms with Crippen molar-refractivity contribution in [1.29, 1.82) is 0 Å². The molecule has 106 valence electrons. The highest BCUT2D eigenvalue weighted by atomic mass is 16.5. The van der Waals surface area contributed by atoms with Gasteiger partial charge in [0.25, 0.3) is 0 Å². The van der Waals surface area contributed by atoms with Gasteiger partial charge in [-0.3, -0.25) is 4.90 Å². The maximum absolute atomic E-state index is 5.36. The SMILES string of the molecule is CCNCC1CCN(C)C1c1ccc(OC)c(C)c1. The van der Waals surface area contributed by atoms with E-state index in [9.17, 15) is 0 Å². The van der Waals surface area contributed by atoms with Crippen molar-refractivity contribution in [3.63, 3.8) is 0 Å². The second-order valence-electron chi connectivity index (χ2n) is 5.51. The minimum atomic E-state index is 0.531. The summed E-state index contributed by atoms with van der Waals surface area (Å²) in [5.74, 6) is 1.69. The zero-order valence-electron chi connectivity index (χ0n) is 12.6. The highest BCUT2D eigenvalue weighted by Crippen LogP contribution is 2.37. The van der Waals surface area contributed by atoms with E-state index in [0.29, 0.717) is 12.0 Å². The molecule has 0 aliphatic carbocycles. The maximum atomic E-state index is 5.36. The van der Waals surface area contributed by atoms with Gasteiger partial charge in [0, 0.05) is 6.04 Å². The van der Waals surface area contributed by atoms with Crippen LogP contribution >= 0.6 is 0 Å². The third kappa shape index (κ3) is 3.10. The topological polar surface area (TPSA) is 24.5 Å². The van der Waals surface area contributed by atoms with Crippen LogP contribution in [0.1, 0.15) is 30.5 Å². The Morgan fingerprint density at radius 2 is 2.21 bits per heavy atom. The molecule has 1 aromatic rings. The Morgan fingerprint density at radius 3 is 2.84 bits per heavy atom. The van der Waals surface area contributed by atoms with Crippen LogP contribution < -0.4 is 10.1 Å². The van der Waals surface area contributed by atoms with Crippen molar-refractivity contribution in [1.82, 2.24) is 10.2 Å². The Labute approximate surface area is 116 Å². The molecule has 1 fully saturated rings. The van der Waals surface area contributed by atoms with Crippen molar-refractivity contribution in [3.8, 4) is 5.75 Å². The number of aryl methyl sites for hydroxylation is 1. The molecule has 2 rings (SSSR count). The first-order valence-corrected chi connectivity index (χ1v) is 7.22. The Hall–Kier alpha value is -1.06. The second-order valence-corrected chi connectivity index (χ2v) is 5.51. The van der Waals surface area contributed by atoms with Crippen LogP contribution in [0, 0.1) is 12.8 Å². The van der Waals surface area contributed by atoms with Gasteiger partial charge in [-0.25, -0.2) is 0 Å². The predicted octanol–water partition coefficient (Wildman–Crippen LogP) is 2.61. The Bertz CT molecular complexity index is 419. The fraction of sp³-hybridized carbons (Fsp3) is 0.625. The average Bonchev–Trinajstić information content (AvgIpc) is 2.77. The van der Waals surface area contributed by atoms with Crippen molar-refractivity contribution >= 4 is 0 Å². The van der Waals surface area contributed by atoms with Gasteiger partial charge in [-0.1, -0.05) is 19.1 Å². The second kappa shape index (κ2) is 6.40. The van der Waals surface area contributed by atoms with Crippen LogP contribution in [0.25, 0.3) is 0 Å². The molecule has 1 aromatic carbocycles. The fourth-order valence-corrected chi connectivity index (χ4v) is 3.18. The number of likely N-dealkylation sites (tertiary alicyclic amines) is 1. The maximum Gasteiger partial charge on any atom is 0.121 e. The Morgan fingerprint density at radius 1 is 1.42 bits per heavy atom. The van der Waals surface area contributed by atoms with E-state index in [1.165, 1.54) is 24.1 Å². The summed E-state index contributed by atoms with van der Waals surface area (Å²) in [6.07, 6.45) is 1.28. The first kappa shape index (κ1) is 14.4. The third-order valence-corrected chi connectivity index (χ3v) is 4.19. The van der Waals surface area contributed by atoms with Gasteiger partial charge in [0.1, 0.15) is 5.75 Å². The number of benzene rings is 1.